The topological polar surface area (TPSA) is 21.3 Å². The molecule has 1 atom stereocenters. The van der Waals surface area contributed by atoms with Crippen molar-refractivity contribution in [1.82, 2.24) is 5.32 Å². The van der Waals surface area contributed by atoms with Gasteiger partial charge >= 0.3 is 0 Å². The summed E-state index contributed by atoms with van der Waals surface area (Å²) in [5, 5.41) is 3.77. The molecule has 2 fully saturated rings. The summed E-state index contributed by atoms with van der Waals surface area (Å²) >= 11 is 0. The smallest absolute Gasteiger partial charge is 0.0554 e. The number of ether oxygens (including phenoxy) is 1. The van der Waals surface area contributed by atoms with Crippen LogP contribution in [0.25, 0.3) is 0 Å². The Balaban J connectivity index is 1.82. The predicted octanol–water partition coefficient (Wildman–Crippen LogP) is 2.58. The molecule has 0 aromatic heterocycles. The van der Waals surface area contributed by atoms with Crippen LogP contribution in [-0.4, -0.2) is 25.8 Å². The van der Waals surface area contributed by atoms with Crippen molar-refractivity contribution in [2.75, 3.05) is 19.8 Å². The van der Waals surface area contributed by atoms with E-state index in [4.69, 9.17) is 4.74 Å². The second kappa shape index (κ2) is 4.06. The third-order valence-corrected chi connectivity index (χ3v) is 4.18. The fourth-order valence-electron chi connectivity index (χ4n) is 2.79. The van der Waals surface area contributed by atoms with Crippen molar-refractivity contribution in [2.24, 2.45) is 10.8 Å². The minimum Gasteiger partial charge on any atom is -0.380 e. The molecule has 0 aromatic carbocycles. The fourth-order valence-corrected chi connectivity index (χ4v) is 2.79. The van der Waals surface area contributed by atoms with Gasteiger partial charge in [-0.05, 0) is 18.3 Å². The molecule has 1 N–H and O–H groups in total. The van der Waals surface area contributed by atoms with Gasteiger partial charge in [0, 0.05) is 18.0 Å². The zero-order valence-corrected chi connectivity index (χ0v) is 10.4. The van der Waals surface area contributed by atoms with Crippen LogP contribution in [0.5, 0.6) is 0 Å². The second-order valence-corrected chi connectivity index (χ2v) is 6.47. The molecule has 1 saturated heterocycles. The molecule has 2 nitrogen and oxygen atoms in total. The molecule has 0 bridgehead atoms. The van der Waals surface area contributed by atoms with Crippen molar-refractivity contribution < 1.29 is 4.74 Å². The van der Waals surface area contributed by atoms with E-state index in [2.05, 4.69) is 26.1 Å². The Morgan fingerprint density at radius 2 is 1.93 bits per heavy atom. The van der Waals surface area contributed by atoms with Crippen molar-refractivity contribution >= 4 is 0 Å². The molecular formula is C13H25NO. The Hall–Kier alpha value is -0.0800. The maximum atomic E-state index is 5.29. The molecule has 1 saturated carbocycles. The van der Waals surface area contributed by atoms with Crippen molar-refractivity contribution in [1.29, 1.82) is 0 Å². The van der Waals surface area contributed by atoms with Crippen LogP contribution in [0.2, 0.25) is 0 Å². The van der Waals surface area contributed by atoms with E-state index in [9.17, 15) is 0 Å². The van der Waals surface area contributed by atoms with E-state index in [1.165, 1.54) is 25.7 Å². The lowest BCUT2D eigenvalue weighted by molar-refractivity contribution is -0.102. The van der Waals surface area contributed by atoms with E-state index in [1.807, 2.05) is 0 Å². The molecule has 0 aromatic rings. The van der Waals surface area contributed by atoms with Gasteiger partial charge in [-0.3, -0.25) is 0 Å². The molecule has 1 aliphatic carbocycles. The number of hydrogen-bond donors (Lipinski definition) is 1. The summed E-state index contributed by atoms with van der Waals surface area (Å²) < 4.78 is 5.29. The maximum absolute atomic E-state index is 5.29. The van der Waals surface area contributed by atoms with Gasteiger partial charge in [0.2, 0.25) is 0 Å². The predicted molar refractivity (Wildman–Crippen MR) is 63.0 cm³/mol. The Morgan fingerprint density at radius 3 is 2.47 bits per heavy atom. The van der Waals surface area contributed by atoms with Crippen LogP contribution in [0, 0.1) is 10.8 Å². The van der Waals surface area contributed by atoms with Gasteiger partial charge < -0.3 is 10.1 Å². The monoisotopic (exact) mass is 211 g/mol. The Kier molecular flexibility index (Phi) is 3.09. The summed E-state index contributed by atoms with van der Waals surface area (Å²) in [7, 11) is 0. The molecular weight excluding hydrogens is 186 g/mol. The molecule has 1 aliphatic heterocycles. The zero-order chi connectivity index (χ0) is 10.9. The van der Waals surface area contributed by atoms with E-state index in [0.29, 0.717) is 16.9 Å². The third kappa shape index (κ3) is 2.54. The standard InChI is InChI=1S/C13H25NO/c1-12(2)7-5-4-6-11(12)14-8-13(3)9-15-10-13/h11,14H,4-10H2,1-3H3. The van der Waals surface area contributed by atoms with Crippen molar-refractivity contribution in [2.45, 2.75) is 52.5 Å². The lowest BCUT2D eigenvalue weighted by atomic mass is 9.73. The Morgan fingerprint density at radius 1 is 1.20 bits per heavy atom. The van der Waals surface area contributed by atoms with Crippen LogP contribution in [0.3, 0.4) is 0 Å². The van der Waals surface area contributed by atoms with E-state index in [1.54, 1.807) is 0 Å². The van der Waals surface area contributed by atoms with E-state index >= 15 is 0 Å². The molecule has 0 spiro atoms. The van der Waals surface area contributed by atoms with Gasteiger partial charge in [0.1, 0.15) is 0 Å². The third-order valence-electron chi connectivity index (χ3n) is 4.18. The van der Waals surface area contributed by atoms with E-state index < -0.39 is 0 Å². The van der Waals surface area contributed by atoms with Crippen molar-refractivity contribution in [3.63, 3.8) is 0 Å². The highest BCUT2D eigenvalue weighted by Crippen LogP contribution is 2.36. The zero-order valence-electron chi connectivity index (χ0n) is 10.4. The van der Waals surface area contributed by atoms with Crippen molar-refractivity contribution in [3.8, 4) is 0 Å². The van der Waals surface area contributed by atoms with E-state index in [0.717, 1.165) is 19.8 Å². The minimum atomic E-state index is 0.410. The van der Waals surface area contributed by atoms with Crippen LogP contribution in [0.1, 0.15) is 46.5 Å². The lowest BCUT2D eigenvalue weighted by Gasteiger charge is -2.44. The summed E-state index contributed by atoms with van der Waals surface area (Å²) in [5.41, 5.74) is 0.896. The van der Waals surface area contributed by atoms with Crippen LogP contribution < -0.4 is 5.32 Å². The molecule has 2 rings (SSSR count). The van der Waals surface area contributed by atoms with Gasteiger partial charge in [0.15, 0.2) is 0 Å². The van der Waals surface area contributed by atoms with Gasteiger partial charge in [-0.1, -0.05) is 33.6 Å². The summed E-state index contributed by atoms with van der Waals surface area (Å²) in [4.78, 5) is 0. The molecule has 0 radical (unpaired) electrons. The van der Waals surface area contributed by atoms with Gasteiger partial charge in [-0.25, -0.2) is 0 Å². The maximum Gasteiger partial charge on any atom is 0.0554 e. The molecule has 15 heavy (non-hydrogen) atoms. The average molecular weight is 211 g/mol. The summed E-state index contributed by atoms with van der Waals surface area (Å²) in [6, 6.07) is 0.712. The first-order valence-corrected chi connectivity index (χ1v) is 6.33. The highest BCUT2D eigenvalue weighted by Gasteiger charge is 2.37. The molecule has 88 valence electrons. The normalized spacial score (nSPS) is 33.4. The van der Waals surface area contributed by atoms with Crippen molar-refractivity contribution in [3.05, 3.63) is 0 Å². The summed E-state index contributed by atoms with van der Waals surface area (Å²) in [6.45, 7) is 10.1. The lowest BCUT2D eigenvalue weighted by Crippen LogP contribution is -2.53. The number of rotatable bonds is 3. The first kappa shape index (κ1) is 11.4. The van der Waals surface area contributed by atoms with Gasteiger partial charge in [-0.15, -0.1) is 0 Å². The summed E-state index contributed by atoms with van der Waals surface area (Å²) in [5.74, 6) is 0. The Labute approximate surface area is 93.8 Å². The van der Waals surface area contributed by atoms with Crippen LogP contribution >= 0.6 is 0 Å². The first-order chi connectivity index (χ1) is 7.02. The first-order valence-electron chi connectivity index (χ1n) is 6.33. The molecule has 1 heterocycles. The molecule has 2 aliphatic rings. The average Bonchev–Trinajstić information content (AvgIpc) is 2.13. The largest absolute Gasteiger partial charge is 0.380 e. The SMILES string of the molecule is CC1(CNC2CCCCC2(C)C)COC1. The summed E-state index contributed by atoms with van der Waals surface area (Å²) in [6.07, 6.45) is 5.53. The number of nitrogens with one attached hydrogen (secondary N) is 1. The second-order valence-electron chi connectivity index (χ2n) is 6.47. The Bertz CT molecular complexity index is 221. The van der Waals surface area contributed by atoms with Gasteiger partial charge in [0.05, 0.1) is 13.2 Å². The van der Waals surface area contributed by atoms with Crippen LogP contribution in [0.4, 0.5) is 0 Å². The highest BCUT2D eigenvalue weighted by atomic mass is 16.5. The molecule has 1 unspecified atom stereocenters. The quantitative estimate of drug-likeness (QED) is 0.774. The van der Waals surface area contributed by atoms with E-state index in [-0.39, 0.29) is 0 Å². The molecule has 2 heteroatoms. The van der Waals surface area contributed by atoms with Gasteiger partial charge in [0.25, 0.3) is 0 Å². The van der Waals surface area contributed by atoms with Crippen LogP contribution in [-0.2, 0) is 4.74 Å². The van der Waals surface area contributed by atoms with Gasteiger partial charge in [-0.2, -0.15) is 0 Å². The van der Waals surface area contributed by atoms with Crippen LogP contribution in [0.15, 0.2) is 0 Å². The highest BCUT2D eigenvalue weighted by molar-refractivity contribution is 4.91. The number of hydrogen-bond acceptors (Lipinski definition) is 2. The fraction of sp³-hybridized carbons (Fsp3) is 1.00. The molecule has 0 amide bonds. The minimum absolute atomic E-state index is 0.410.